The maximum atomic E-state index is 9.39. The predicted octanol–water partition coefficient (Wildman–Crippen LogP) is 2.18. The van der Waals surface area contributed by atoms with Gasteiger partial charge in [-0.3, -0.25) is 4.90 Å². The molecule has 0 bridgehead atoms. The molecule has 2 rings (SSSR count). The third kappa shape index (κ3) is 2.96. The van der Waals surface area contributed by atoms with Gasteiger partial charge in [-0.15, -0.1) is 0 Å². The van der Waals surface area contributed by atoms with Crippen LogP contribution in [-0.2, 0) is 4.74 Å². The molecule has 0 spiro atoms. The molecule has 0 aromatic rings. The molecule has 16 heavy (non-hydrogen) atoms. The quantitative estimate of drug-likeness (QED) is 0.672. The van der Waals surface area contributed by atoms with E-state index in [-0.39, 0.29) is 6.04 Å². The largest absolute Gasteiger partial charge is 0.379 e. The first-order valence-electron chi connectivity index (χ1n) is 6.63. The van der Waals surface area contributed by atoms with Crippen LogP contribution in [0.3, 0.4) is 0 Å². The van der Waals surface area contributed by atoms with E-state index < -0.39 is 0 Å². The van der Waals surface area contributed by atoms with Gasteiger partial charge in [-0.05, 0) is 18.8 Å². The Kier molecular flexibility index (Phi) is 4.62. The average molecular weight is 222 g/mol. The number of nitrogens with zero attached hydrogens (tertiary/aromatic N) is 2. The highest BCUT2D eigenvalue weighted by atomic mass is 16.5. The summed E-state index contributed by atoms with van der Waals surface area (Å²) in [5.41, 5.74) is 0. The molecule has 1 saturated heterocycles. The second-order valence-corrected chi connectivity index (χ2v) is 4.97. The summed E-state index contributed by atoms with van der Waals surface area (Å²) >= 11 is 0. The van der Waals surface area contributed by atoms with Gasteiger partial charge in [-0.2, -0.15) is 5.26 Å². The van der Waals surface area contributed by atoms with Gasteiger partial charge in [0.05, 0.1) is 19.3 Å². The molecule has 3 nitrogen and oxygen atoms in total. The van der Waals surface area contributed by atoms with Gasteiger partial charge in [0.2, 0.25) is 0 Å². The van der Waals surface area contributed by atoms with E-state index >= 15 is 0 Å². The first-order valence-corrected chi connectivity index (χ1v) is 6.63. The fourth-order valence-corrected chi connectivity index (χ4v) is 2.97. The average Bonchev–Trinajstić information content (AvgIpc) is 2.61. The van der Waals surface area contributed by atoms with E-state index in [2.05, 4.69) is 11.0 Å². The highest BCUT2D eigenvalue weighted by molar-refractivity contribution is 4.97. The van der Waals surface area contributed by atoms with Crippen LogP contribution in [-0.4, -0.2) is 37.2 Å². The lowest BCUT2D eigenvalue weighted by Gasteiger charge is -2.34. The monoisotopic (exact) mass is 222 g/mol. The molecular formula is C13H22N2O. The summed E-state index contributed by atoms with van der Waals surface area (Å²) in [7, 11) is 0. The molecule has 1 heterocycles. The Hall–Kier alpha value is -0.590. The Morgan fingerprint density at radius 3 is 2.25 bits per heavy atom. The van der Waals surface area contributed by atoms with Crippen molar-refractivity contribution < 1.29 is 4.74 Å². The number of hydrogen-bond donors (Lipinski definition) is 0. The predicted molar refractivity (Wildman–Crippen MR) is 63.0 cm³/mol. The van der Waals surface area contributed by atoms with Crippen LogP contribution in [0.5, 0.6) is 0 Å². The molecular weight excluding hydrogens is 200 g/mol. The summed E-state index contributed by atoms with van der Waals surface area (Å²) in [6, 6.07) is 2.68. The summed E-state index contributed by atoms with van der Waals surface area (Å²) in [4.78, 5) is 2.33. The number of ether oxygens (including phenoxy) is 1. The fourth-order valence-electron chi connectivity index (χ4n) is 2.97. The van der Waals surface area contributed by atoms with E-state index in [1.807, 2.05) is 0 Å². The Morgan fingerprint density at radius 1 is 1.06 bits per heavy atom. The van der Waals surface area contributed by atoms with Crippen molar-refractivity contribution in [2.45, 2.75) is 44.6 Å². The minimum atomic E-state index is 0.141. The zero-order valence-electron chi connectivity index (χ0n) is 10.0. The third-order valence-corrected chi connectivity index (χ3v) is 3.92. The van der Waals surface area contributed by atoms with Crippen molar-refractivity contribution in [3.05, 3.63) is 0 Å². The molecule has 0 N–H and O–H groups in total. The fraction of sp³-hybridized carbons (Fsp3) is 0.923. The maximum absolute atomic E-state index is 9.39. The Labute approximate surface area is 98.4 Å². The van der Waals surface area contributed by atoms with Crippen LogP contribution in [0.4, 0.5) is 0 Å². The summed E-state index contributed by atoms with van der Waals surface area (Å²) in [6.45, 7) is 3.47. The van der Waals surface area contributed by atoms with Crippen LogP contribution >= 0.6 is 0 Å². The molecule has 1 unspecified atom stereocenters. The summed E-state index contributed by atoms with van der Waals surface area (Å²) in [6.07, 6.45) is 7.83. The maximum Gasteiger partial charge on any atom is 0.101 e. The molecule has 1 atom stereocenters. The molecule has 1 aliphatic carbocycles. The number of morpholine rings is 1. The third-order valence-electron chi connectivity index (χ3n) is 3.92. The first kappa shape index (κ1) is 11.9. The normalized spacial score (nSPS) is 26.9. The van der Waals surface area contributed by atoms with E-state index in [1.54, 1.807) is 0 Å². The van der Waals surface area contributed by atoms with Gasteiger partial charge in [0.1, 0.15) is 6.04 Å². The van der Waals surface area contributed by atoms with E-state index in [4.69, 9.17) is 4.74 Å². The van der Waals surface area contributed by atoms with Crippen LogP contribution in [0.25, 0.3) is 0 Å². The van der Waals surface area contributed by atoms with Gasteiger partial charge in [0.15, 0.2) is 0 Å². The van der Waals surface area contributed by atoms with Gasteiger partial charge in [0, 0.05) is 13.1 Å². The van der Waals surface area contributed by atoms with E-state index in [9.17, 15) is 5.26 Å². The number of nitriles is 1. The van der Waals surface area contributed by atoms with Crippen molar-refractivity contribution in [2.24, 2.45) is 5.92 Å². The SMILES string of the molecule is N#CC(C1CCCCCC1)N1CCOCC1. The van der Waals surface area contributed by atoms with Crippen molar-refractivity contribution in [1.29, 1.82) is 5.26 Å². The number of hydrogen-bond acceptors (Lipinski definition) is 3. The Balaban J connectivity index is 1.94. The molecule has 1 saturated carbocycles. The van der Waals surface area contributed by atoms with E-state index in [0.717, 1.165) is 26.3 Å². The smallest absolute Gasteiger partial charge is 0.101 e. The lowest BCUT2D eigenvalue weighted by atomic mass is 9.91. The van der Waals surface area contributed by atoms with Crippen molar-refractivity contribution in [3.63, 3.8) is 0 Å². The highest BCUT2D eigenvalue weighted by Crippen LogP contribution is 2.28. The van der Waals surface area contributed by atoms with Gasteiger partial charge >= 0.3 is 0 Å². The minimum absolute atomic E-state index is 0.141. The topological polar surface area (TPSA) is 36.3 Å². The van der Waals surface area contributed by atoms with Crippen molar-refractivity contribution in [2.75, 3.05) is 26.3 Å². The van der Waals surface area contributed by atoms with Gasteiger partial charge in [-0.1, -0.05) is 25.7 Å². The Morgan fingerprint density at radius 2 is 1.69 bits per heavy atom. The molecule has 3 heteroatoms. The standard InChI is InChI=1S/C13H22N2O/c14-11-13(15-7-9-16-10-8-15)12-5-3-1-2-4-6-12/h12-13H,1-10H2. The second kappa shape index (κ2) is 6.22. The molecule has 2 fully saturated rings. The van der Waals surface area contributed by atoms with E-state index in [0.29, 0.717) is 5.92 Å². The van der Waals surface area contributed by atoms with Crippen LogP contribution in [0.1, 0.15) is 38.5 Å². The summed E-state index contributed by atoms with van der Waals surface area (Å²) in [5.74, 6) is 0.602. The Bertz CT molecular complexity index is 235. The zero-order chi connectivity index (χ0) is 11.2. The van der Waals surface area contributed by atoms with Gasteiger partial charge < -0.3 is 4.74 Å². The highest BCUT2D eigenvalue weighted by Gasteiger charge is 2.28. The molecule has 1 aliphatic heterocycles. The molecule has 0 aromatic heterocycles. The van der Waals surface area contributed by atoms with Gasteiger partial charge in [0.25, 0.3) is 0 Å². The molecule has 90 valence electrons. The van der Waals surface area contributed by atoms with Crippen molar-refractivity contribution in [1.82, 2.24) is 4.90 Å². The minimum Gasteiger partial charge on any atom is -0.379 e. The molecule has 0 aromatic carbocycles. The van der Waals surface area contributed by atoms with Crippen LogP contribution < -0.4 is 0 Å². The van der Waals surface area contributed by atoms with Crippen LogP contribution in [0.2, 0.25) is 0 Å². The van der Waals surface area contributed by atoms with Crippen molar-refractivity contribution >= 4 is 0 Å². The van der Waals surface area contributed by atoms with Crippen LogP contribution in [0.15, 0.2) is 0 Å². The lowest BCUT2D eigenvalue weighted by molar-refractivity contribution is 0.0144. The zero-order valence-corrected chi connectivity index (χ0v) is 10.0. The van der Waals surface area contributed by atoms with E-state index in [1.165, 1.54) is 38.5 Å². The molecule has 0 radical (unpaired) electrons. The summed E-state index contributed by atoms with van der Waals surface area (Å²) in [5, 5.41) is 9.39. The van der Waals surface area contributed by atoms with Crippen molar-refractivity contribution in [3.8, 4) is 6.07 Å². The van der Waals surface area contributed by atoms with Gasteiger partial charge in [-0.25, -0.2) is 0 Å². The first-order chi connectivity index (χ1) is 7.92. The molecule has 0 amide bonds. The summed E-state index contributed by atoms with van der Waals surface area (Å²) < 4.78 is 5.36. The second-order valence-electron chi connectivity index (χ2n) is 4.97. The molecule has 2 aliphatic rings. The number of rotatable bonds is 2. The lowest BCUT2D eigenvalue weighted by Crippen LogP contribution is -2.46. The van der Waals surface area contributed by atoms with Crippen LogP contribution in [0, 0.1) is 17.2 Å².